The molecule has 1 aromatic rings. The van der Waals surface area contributed by atoms with E-state index >= 15 is 0 Å². The molecule has 1 heterocycles. The van der Waals surface area contributed by atoms with Gasteiger partial charge in [-0.05, 0) is 46.1 Å². The summed E-state index contributed by atoms with van der Waals surface area (Å²) in [6.45, 7) is 5.59. The van der Waals surface area contributed by atoms with E-state index in [0.717, 1.165) is 42.2 Å². The second-order valence-electron chi connectivity index (χ2n) is 5.45. The van der Waals surface area contributed by atoms with Gasteiger partial charge in [0.15, 0.2) is 0 Å². The molecule has 20 heavy (non-hydrogen) atoms. The number of nitrogens with zero attached hydrogens (tertiary/aromatic N) is 2. The molecule has 114 valence electrons. The molecular weight excluding hydrogens is 274 g/mol. The van der Waals surface area contributed by atoms with E-state index in [-0.39, 0.29) is 0 Å². The maximum atomic E-state index is 6.40. The van der Waals surface area contributed by atoms with E-state index in [1.807, 2.05) is 11.7 Å². The fourth-order valence-corrected chi connectivity index (χ4v) is 3.19. The van der Waals surface area contributed by atoms with Crippen LogP contribution in [0.3, 0.4) is 0 Å². The van der Waals surface area contributed by atoms with Crippen molar-refractivity contribution in [2.75, 3.05) is 7.05 Å². The number of nitrogens with one attached hydrogen (secondary N) is 1. The molecular formula is C15H26ClN3O. The summed E-state index contributed by atoms with van der Waals surface area (Å²) in [6.07, 6.45) is 5.88. The zero-order valence-electron chi connectivity index (χ0n) is 12.8. The predicted molar refractivity (Wildman–Crippen MR) is 82.2 cm³/mol. The third-order valence-corrected chi connectivity index (χ3v) is 4.67. The quantitative estimate of drug-likeness (QED) is 0.877. The second kappa shape index (κ2) is 7.43. The van der Waals surface area contributed by atoms with Crippen molar-refractivity contribution in [1.29, 1.82) is 0 Å². The van der Waals surface area contributed by atoms with E-state index in [9.17, 15) is 0 Å². The molecule has 5 heteroatoms. The van der Waals surface area contributed by atoms with Gasteiger partial charge in [-0.3, -0.25) is 4.68 Å². The lowest BCUT2D eigenvalue weighted by atomic mass is 9.93. The van der Waals surface area contributed by atoms with Crippen LogP contribution in [0, 0.1) is 0 Å². The number of ether oxygens (including phenoxy) is 1. The molecule has 1 aliphatic carbocycles. The largest absolute Gasteiger partial charge is 0.372 e. The minimum Gasteiger partial charge on any atom is -0.372 e. The average molecular weight is 300 g/mol. The molecule has 0 radical (unpaired) electrons. The van der Waals surface area contributed by atoms with Gasteiger partial charge in [0.25, 0.3) is 0 Å². The zero-order valence-corrected chi connectivity index (χ0v) is 13.5. The molecule has 1 aromatic heterocycles. The van der Waals surface area contributed by atoms with Crippen molar-refractivity contribution in [2.24, 2.45) is 0 Å². The van der Waals surface area contributed by atoms with Gasteiger partial charge in [0.2, 0.25) is 0 Å². The molecule has 0 atom stereocenters. The Morgan fingerprint density at radius 3 is 2.55 bits per heavy atom. The van der Waals surface area contributed by atoms with Crippen LogP contribution >= 0.6 is 11.6 Å². The normalized spacial score (nSPS) is 23.2. The summed E-state index contributed by atoms with van der Waals surface area (Å²) >= 11 is 6.40. The van der Waals surface area contributed by atoms with E-state index in [1.54, 1.807) is 0 Å². The first-order chi connectivity index (χ1) is 9.69. The van der Waals surface area contributed by atoms with Gasteiger partial charge in [-0.15, -0.1) is 0 Å². The maximum Gasteiger partial charge on any atom is 0.0903 e. The topological polar surface area (TPSA) is 39.1 Å². The fourth-order valence-electron chi connectivity index (χ4n) is 2.87. The van der Waals surface area contributed by atoms with Gasteiger partial charge >= 0.3 is 0 Å². The first kappa shape index (κ1) is 15.8. The molecule has 0 spiro atoms. The van der Waals surface area contributed by atoms with Gasteiger partial charge in [0.1, 0.15) is 0 Å². The Labute approximate surface area is 126 Å². The monoisotopic (exact) mass is 299 g/mol. The summed E-state index contributed by atoms with van der Waals surface area (Å²) in [7, 11) is 2.04. The van der Waals surface area contributed by atoms with E-state index in [2.05, 4.69) is 24.3 Å². The van der Waals surface area contributed by atoms with E-state index in [0.29, 0.717) is 18.8 Å². The van der Waals surface area contributed by atoms with Crippen molar-refractivity contribution >= 4 is 11.6 Å². The molecule has 1 N–H and O–H groups in total. The number of hydrogen-bond acceptors (Lipinski definition) is 3. The Morgan fingerprint density at radius 2 is 2.00 bits per heavy atom. The highest BCUT2D eigenvalue weighted by atomic mass is 35.5. The van der Waals surface area contributed by atoms with Crippen LogP contribution in [0.5, 0.6) is 0 Å². The molecule has 0 saturated heterocycles. The lowest BCUT2D eigenvalue weighted by Crippen LogP contribution is -2.33. The Kier molecular flexibility index (Phi) is 5.87. The zero-order chi connectivity index (χ0) is 14.5. The summed E-state index contributed by atoms with van der Waals surface area (Å²) in [5.74, 6) is 0. The van der Waals surface area contributed by atoms with Crippen molar-refractivity contribution in [3.8, 4) is 0 Å². The minimum atomic E-state index is 0.362. The fraction of sp³-hybridized carbons (Fsp3) is 0.800. The Morgan fingerprint density at radius 1 is 1.30 bits per heavy atom. The number of aryl methyl sites for hydroxylation is 2. The van der Waals surface area contributed by atoms with Crippen LogP contribution in [-0.2, 0) is 24.3 Å². The summed E-state index contributed by atoms with van der Waals surface area (Å²) in [5.41, 5.74) is 2.01. The highest BCUT2D eigenvalue weighted by Gasteiger charge is 2.22. The third kappa shape index (κ3) is 3.54. The van der Waals surface area contributed by atoms with Crippen molar-refractivity contribution in [3.05, 3.63) is 16.4 Å². The van der Waals surface area contributed by atoms with E-state index in [1.165, 1.54) is 12.8 Å². The highest BCUT2D eigenvalue weighted by molar-refractivity contribution is 6.31. The Hall–Kier alpha value is -0.580. The molecule has 1 saturated carbocycles. The van der Waals surface area contributed by atoms with Gasteiger partial charge < -0.3 is 10.1 Å². The number of aromatic nitrogens is 2. The van der Waals surface area contributed by atoms with Crippen LogP contribution in [0.2, 0.25) is 5.02 Å². The summed E-state index contributed by atoms with van der Waals surface area (Å²) in [5, 5.41) is 8.67. The van der Waals surface area contributed by atoms with Crippen LogP contribution in [0.1, 0.15) is 50.9 Å². The standard InChI is InChI=1S/C15H26ClN3O/c1-4-13-15(16)14(19(5-2)18-13)10-20-12-8-6-11(17-3)7-9-12/h11-12,17H,4-10H2,1-3H3. The van der Waals surface area contributed by atoms with Gasteiger partial charge in [0, 0.05) is 12.6 Å². The highest BCUT2D eigenvalue weighted by Crippen LogP contribution is 2.26. The Balaban J connectivity index is 1.92. The van der Waals surface area contributed by atoms with Crippen LogP contribution in [0.25, 0.3) is 0 Å². The van der Waals surface area contributed by atoms with Crippen molar-refractivity contribution < 1.29 is 4.74 Å². The van der Waals surface area contributed by atoms with Gasteiger partial charge in [-0.2, -0.15) is 5.10 Å². The molecule has 0 bridgehead atoms. The molecule has 1 aliphatic rings. The average Bonchev–Trinajstić information content (AvgIpc) is 2.81. The van der Waals surface area contributed by atoms with Crippen LogP contribution in [-0.4, -0.2) is 29.0 Å². The SMILES string of the molecule is CCc1nn(CC)c(COC2CCC(NC)CC2)c1Cl. The second-order valence-corrected chi connectivity index (χ2v) is 5.83. The molecule has 0 aliphatic heterocycles. The molecule has 1 fully saturated rings. The predicted octanol–water partition coefficient (Wildman–Crippen LogP) is 3.17. The van der Waals surface area contributed by atoms with Gasteiger partial charge in [0.05, 0.1) is 29.1 Å². The van der Waals surface area contributed by atoms with Gasteiger partial charge in [-0.1, -0.05) is 18.5 Å². The number of hydrogen-bond donors (Lipinski definition) is 1. The number of halogens is 1. The molecule has 4 nitrogen and oxygen atoms in total. The smallest absolute Gasteiger partial charge is 0.0903 e. The molecule has 0 amide bonds. The van der Waals surface area contributed by atoms with E-state index in [4.69, 9.17) is 16.3 Å². The third-order valence-electron chi connectivity index (χ3n) is 4.23. The van der Waals surface area contributed by atoms with Crippen LogP contribution < -0.4 is 5.32 Å². The van der Waals surface area contributed by atoms with Crippen molar-refractivity contribution in [1.82, 2.24) is 15.1 Å². The Bertz CT molecular complexity index is 425. The van der Waals surface area contributed by atoms with E-state index < -0.39 is 0 Å². The maximum absolute atomic E-state index is 6.40. The number of rotatable bonds is 6. The van der Waals surface area contributed by atoms with Crippen LogP contribution in [0.4, 0.5) is 0 Å². The molecule has 2 rings (SSSR count). The van der Waals surface area contributed by atoms with Crippen molar-refractivity contribution in [2.45, 2.75) is 71.2 Å². The first-order valence-corrected chi connectivity index (χ1v) is 8.10. The minimum absolute atomic E-state index is 0.362. The van der Waals surface area contributed by atoms with Gasteiger partial charge in [-0.25, -0.2) is 0 Å². The summed E-state index contributed by atoms with van der Waals surface area (Å²) < 4.78 is 8.04. The van der Waals surface area contributed by atoms with Crippen molar-refractivity contribution in [3.63, 3.8) is 0 Å². The summed E-state index contributed by atoms with van der Waals surface area (Å²) in [4.78, 5) is 0. The molecule has 0 unspecified atom stereocenters. The first-order valence-electron chi connectivity index (χ1n) is 7.72. The van der Waals surface area contributed by atoms with Crippen LogP contribution in [0.15, 0.2) is 0 Å². The lowest BCUT2D eigenvalue weighted by Gasteiger charge is -2.28. The lowest BCUT2D eigenvalue weighted by molar-refractivity contribution is 0.00876. The summed E-state index contributed by atoms with van der Waals surface area (Å²) in [6, 6.07) is 0.659. The molecule has 0 aromatic carbocycles.